The molecule has 0 aromatic heterocycles. The lowest BCUT2D eigenvalue weighted by atomic mass is 9.99. The Morgan fingerprint density at radius 2 is 1.55 bits per heavy atom. The predicted molar refractivity (Wildman–Crippen MR) is 150 cm³/mol. The highest BCUT2D eigenvalue weighted by molar-refractivity contribution is 8.14. The lowest BCUT2D eigenvalue weighted by molar-refractivity contribution is -0.237. The average molecular weight is 605 g/mol. The topological polar surface area (TPSA) is 156 Å². The number of hydrogen-bond donors (Lipinski definition) is 0. The van der Waals surface area contributed by atoms with E-state index in [0.717, 1.165) is 32.5 Å². The molecule has 13 nitrogen and oxygen atoms in total. The van der Waals surface area contributed by atoms with Crippen molar-refractivity contribution in [1.29, 1.82) is 0 Å². The zero-order valence-electron chi connectivity index (χ0n) is 23.8. The molecule has 3 rings (SSSR count). The van der Waals surface area contributed by atoms with Gasteiger partial charge in [-0.2, -0.15) is 0 Å². The molecule has 2 aliphatic rings. The van der Waals surface area contributed by atoms with Crippen LogP contribution in [0.3, 0.4) is 0 Å². The standard InChI is InChI=1S/C28H32N2O11S/c1-7-12-30-26(35)21(13-19-8-10-20(36-6)11-9-19)29-28(30)42-27-25(40-18(5)34)24(39-17(4)33)23(38-16(3)32)22(41-27)14-37-15(2)31/h7-11,13,22-25,27H,1,12,14H2,2-6H3/b21-13-/t22-,23-,24+,25-,27+/m1/s1. The van der Waals surface area contributed by atoms with Crippen LogP contribution in [0.4, 0.5) is 0 Å². The monoisotopic (exact) mass is 604 g/mol. The van der Waals surface area contributed by atoms with Crippen LogP contribution >= 0.6 is 11.8 Å². The van der Waals surface area contributed by atoms with E-state index < -0.39 is 59.6 Å². The van der Waals surface area contributed by atoms with Gasteiger partial charge in [0.05, 0.1) is 7.11 Å². The van der Waals surface area contributed by atoms with Crippen molar-refractivity contribution in [3.8, 4) is 5.75 Å². The van der Waals surface area contributed by atoms with E-state index in [1.165, 1.54) is 17.9 Å². The Bertz CT molecular complexity index is 1280. The van der Waals surface area contributed by atoms with Crippen LogP contribution in [-0.2, 0) is 47.7 Å². The number of amidine groups is 1. The lowest BCUT2D eigenvalue weighted by Crippen LogP contribution is -2.61. The van der Waals surface area contributed by atoms with Crippen LogP contribution < -0.4 is 4.74 Å². The van der Waals surface area contributed by atoms with E-state index in [1.54, 1.807) is 37.5 Å². The molecule has 1 aromatic carbocycles. The van der Waals surface area contributed by atoms with E-state index >= 15 is 0 Å². The number of amides is 1. The number of esters is 4. The van der Waals surface area contributed by atoms with Crippen LogP contribution in [0.2, 0.25) is 0 Å². The molecule has 1 aromatic rings. The molecule has 1 fully saturated rings. The summed E-state index contributed by atoms with van der Waals surface area (Å²) in [4.78, 5) is 66.9. The molecule has 5 atom stereocenters. The smallest absolute Gasteiger partial charge is 0.303 e. The number of carbonyl (C=O) groups is 5. The fourth-order valence-electron chi connectivity index (χ4n) is 4.16. The summed E-state index contributed by atoms with van der Waals surface area (Å²) in [6, 6.07) is 7.00. The minimum absolute atomic E-state index is 0.0931. The third kappa shape index (κ3) is 8.42. The predicted octanol–water partition coefficient (Wildman–Crippen LogP) is 2.24. The van der Waals surface area contributed by atoms with Gasteiger partial charge in [0, 0.05) is 34.2 Å². The number of methoxy groups -OCH3 is 1. The van der Waals surface area contributed by atoms with Gasteiger partial charge in [0.25, 0.3) is 5.91 Å². The number of nitrogens with zero attached hydrogens (tertiary/aromatic N) is 2. The highest BCUT2D eigenvalue weighted by Crippen LogP contribution is 2.37. The number of thioether (sulfide) groups is 1. The van der Waals surface area contributed by atoms with Gasteiger partial charge in [-0.15, -0.1) is 6.58 Å². The minimum atomic E-state index is -1.35. The molecule has 0 unspecified atom stereocenters. The maximum Gasteiger partial charge on any atom is 0.303 e. The highest BCUT2D eigenvalue weighted by atomic mass is 32.2. The van der Waals surface area contributed by atoms with Crippen molar-refractivity contribution in [1.82, 2.24) is 4.90 Å². The van der Waals surface area contributed by atoms with Crippen molar-refractivity contribution in [2.75, 3.05) is 20.3 Å². The normalized spacial score (nSPS) is 24.5. The van der Waals surface area contributed by atoms with E-state index in [-0.39, 0.29) is 24.0 Å². The van der Waals surface area contributed by atoms with Crippen LogP contribution in [0.5, 0.6) is 5.75 Å². The van der Waals surface area contributed by atoms with Crippen molar-refractivity contribution < 1.29 is 52.4 Å². The van der Waals surface area contributed by atoms with Gasteiger partial charge in [-0.1, -0.05) is 30.0 Å². The molecule has 0 spiro atoms. The van der Waals surface area contributed by atoms with E-state index in [0.29, 0.717) is 11.3 Å². The van der Waals surface area contributed by atoms with Gasteiger partial charge in [-0.3, -0.25) is 28.9 Å². The van der Waals surface area contributed by atoms with Gasteiger partial charge < -0.3 is 28.4 Å². The fourth-order valence-corrected chi connectivity index (χ4v) is 5.34. The summed E-state index contributed by atoms with van der Waals surface area (Å²) in [5.41, 5.74) is -0.333. The lowest BCUT2D eigenvalue weighted by Gasteiger charge is -2.44. The van der Waals surface area contributed by atoms with E-state index in [9.17, 15) is 24.0 Å². The molecule has 42 heavy (non-hydrogen) atoms. The van der Waals surface area contributed by atoms with Gasteiger partial charge in [-0.25, -0.2) is 4.99 Å². The molecule has 226 valence electrons. The second-order valence-electron chi connectivity index (χ2n) is 9.09. The van der Waals surface area contributed by atoms with Crippen LogP contribution in [0.1, 0.15) is 33.3 Å². The highest BCUT2D eigenvalue weighted by Gasteiger charge is 2.53. The molecule has 0 N–H and O–H groups in total. The number of benzene rings is 1. The summed E-state index contributed by atoms with van der Waals surface area (Å²) in [7, 11) is 1.54. The molecule has 0 bridgehead atoms. The first-order valence-electron chi connectivity index (χ1n) is 12.8. The molecule has 2 aliphatic heterocycles. The van der Waals surface area contributed by atoms with Crippen molar-refractivity contribution >= 4 is 52.8 Å². The molecule has 0 radical (unpaired) electrons. The zero-order chi connectivity index (χ0) is 31.0. The first-order chi connectivity index (χ1) is 19.9. The zero-order valence-corrected chi connectivity index (χ0v) is 24.6. The van der Waals surface area contributed by atoms with E-state index in [2.05, 4.69) is 11.6 Å². The number of ether oxygens (including phenoxy) is 6. The van der Waals surface area contributed by atoms with Crippen LogP contribution in [0.25, 0.3) is 6.08 Å². The summed E-state index contributed by atoms with van der Waals surface area (Å²) in [5, 5.41) is 0.181. The second-order valence-corrected chi connectivity index (χ2v) is 10.2. The van der Waals surface area contributed by atoms with Crippen molar-refractivity contribution in [2.45, 2.75) is 57.5 Å². The number of carbonyl (C=O) groups excluding carboxylic acids is 5. The minimum Gasteiger partial charge on any atom is -0.497 e. The van der Waals surface area contributed by atoms with Crippen molar-refractivity contribution in [3.63, 3.8) is 0 Å². The summed E-state index contributed by atoms with van der Waals surface area (Å²) in [6.45, 7) is 8.03. The first kappa shape index (κ1) is 32.3. The Balaban J connectivity index is 2.03. The van der Waals surface area contributed by atoms with Gasteiger partial charge in [0.15, 0.2) is 28.9 Å². The molecule has 2 heterocycles. The molecular weight excluding hydrogens is 572 g/mol. The van der Waals surface area contributed by atoms with Gasteiger partial charge >= 0.3 is 23.9 Å². The van der Waals surface area contributed by atoms with Gasteiger partial charge in [0.1, 0.15) is 24.2 Å². The third-order valence-corrected chi connectivity index (χ3v) is 6.95. The number of hydrogen-bond acceptors (Lipinski definition) is 13. The van der Waals surface area contributed by atoms with Crippen LogP contribution in [0, 0.1) is 0 Å². The average Bonchev–Trinajstić information content (AvgIpc) is 3.19. The molecule has 14 heteroatoms. The van der Waals surface area contributed by atoms with E-state index in [1.807, 2.05) is 0 Å². The molecule has 1 saturated heterocycles. The SMILES string of the molecule is C=CCN1C(=O)/C(=C/c2ccc(OC)cc2)N=C1S[C@@H]1O[C@H](COC(C)=O)[C@@H](OC(C)=O)[C@H](OC(C)=O)[C@H]1OC(C)=O. The number of aliphatic imine (C=N–C) groups is 1. The second kappa shape index (κ2) is 14.6. The summed E-state index contributed by atoms with van der Waals surface area (Å²) < 4.78 is 32.8. The van der Waals surface area contributed by atoms with Gasteiger partial charge in [-0.05, 0) is 23.8 Å². The summed E-state index contributed by atoms with van der Waals surface area (Å²) in [5.74, 6) is -2.63. The Morgan fingerprint density at radius 3 is 2.10 bits per heavy atom. The summed E-state index contributed by atoms with van der Waals surface area (Å²) >= 11 is 0.915. The quantitative estimate of drug-likeness (QED) is 0.166. The van der Waals surface area contributed by atoms with Crippen LogP contribution in [-0.4, -0.2) is 90.0 Å². The largest absolute Gasteiger partial charge is 0.497 e. The Morgan fingerprint density at radius 1 is 0.952 bits per heavy atom. The Kier molecular flexibility index (Phi) is 11.3. The van der Waals surface area contributed by atoms with E-state index in [4.69, 9.17) is 28.4 Å². The maximum absolute atomic E-state index is 13.3. The molecule has 0 aliphatic carbocycles. The molecule has 0 saturated carbocycles. The first-order valence-corrected chi connectivity index (χ1v) is 13.7. The summed E-state index contributed by atoms with van der Waals surface area (Å²) in [6.07, 6.45) is -1.98. The Labute approximate surface area is 246 Å². The molecule has 1 amide bonds. The third-order valence-electron chi connectivity index (χ3n) is 5.81. The van der Waals surface area contributed by atoms with Crippen LogP contribution in [0.15, 0.2) is 47.6 Å². The number of rotatable bonds is 10. The van der Waals surface area contributed by atoms with Crippen molar-refractivity contribution in [2.24, 2.45) is 4.99 Å². The fraction of sp³-hybridized carbons (Fsp3) is 0.429. The molecular formula is C28H32N2O11S. The van der Waals surface area contributed by atoms with Gasteiger partial charge in [0.2, 0.25) is 0 Å². The Hall–Kier alpha value is -4.17. The maximum atomic E-state index is 13.3. The van der Waals surface area contributed by atoms with Crippen molar-refractivity contribution in [3.05, 3.63) is 48.2 Å².